The fourth-order valence-corrected chi connectivity index (χ4v) is 8.40. The molecule has 0 saturated carbocycles. The average molecular weight is 897 g/mol. The Bertz CT molecular complexity index is 3240. The first kappa shape index (κ1) is 45.6. The van der Waals surface area contributed by atoms with Gasteiger partial charge in [0.2, 0.25) is 0 Å². The number of benzene rings is 8. The van der Waals surface area contributed by atoms with Crippen molar-refractivity contribution in [2.45, 2.75) is 52.4 Å². The van der Waals surface area contributed by atoms with Gasteiger partial charge in [0.25, 0.3) is 0 Å². The summed E-state index contributed by atoms with van der Waals surface area (Å²) in [6.07, 6.45) is 0. The molecule has 0 amide bonds. The molecule has 0 radical (unpaired) electrons. The Morgan fingerprint density at radius 1 is 0.344 bits per heavy atom. The van der Waals surface area contributed by atoms with Gasteiger partial charge in [-0.15, -0.1) is 0 Å². The van der Waals surface area contributed by atoms with Crippen molar-refractivity contribution in [3.05, 3.63) is 154 Å². The number of hydrogen-bond donors (Lipinski definition) is 0. The van der Waals surface area contributed by atoms with Crippen molar-refractivity contribution in [2.24, 2.45) is 0 Å². The highest BCUT2D eigenvalue weighted by molar-refractivity contribution is 6.11. The minimum Gasteiger partial charge on any atom is -0.493 e. The minimum absolute atomic E-state index is 0.139. The van der Waals surface area contributed by atoms with E-state index in [0.29, 0.717) is 22.8 Å². The number of methoxy groups -OCH3 is 2. The molecule has 0 aromatic heterocycles. The van der Waals surface area contributed by atoms with Crippen LogP contribution in [0.15, 0.2) is 72.8 Å². The van der Waals surface area contributed by atoms with Crippen LogP contribution in [-0.4, -0.2) is 14.2 Å². The summed E-state index contributed by atoms with van der Waals surface area (Å²) in [5.41, 5.74) is -2.72. The Balaban J connectivity index is 0.000000197. The predicted molar refractivity (Wildman–Crippen MR) is 224 cm³/mol. The minimum atomic E-state index is -2.35. The van der Waals surface area contributed by atoms with Gasteiger partial charge in [0.05, 0.1) is 14.2 Å². The molecular weight excluding hydrogens is 861 g/mol. The van der Waals surface area contributed by atoms with E-state index in [-0.39, 0.29) is 17.6 Å². The molecule has 64 heavy (non-hydrogen) atoms. The summed E-state index contributed by atoms with van der Waals surface area (Å²) in [6.45, 7) is 9.91. The first-order valence-corrected chi connectivity index (χ1v) is 19.5. The number of fused-ring (bicyclic) bond motifs is 4. The summed E-state index contributed by atoms with van der Waals surface area (Å²) >= 11 is 0. The van der Waals surface area contributed by atoms with Gasteiger partial charge in [-0.25, -0.2) is 52.7 Å². The lowest BCUT2D eigenvalue weighted by Gasteiger charge is -2.27. The maximum atomic E-state index is 15.4. The van der Waals surface area contributed by atoms with Crippen LogP contribution in [0.4, 0.5) is 52.7 Å². The van der Waals surface area contributed by atoms with Crippen LogP contribution in [0, 0.1) is 69.8 Å². The van der Waals surface area contributed by atoms with Crippen molar-refractivity contribution < 1.29 is 62.2 Å². The lowest BCUT2D eigenvalue weighted by Crippen LogP contribution is -2.17. The van der Waals surface area contributed by atoms with Crippen LogP contribution in [0.1, 0.15) is 52.7 Å². The van der Waals surface area contributed by atoms with Crippen LogP contribution in [0.5, 0.6) is 11.5 Å². The molecule has 0 N–H and O–H groups in total. The molecule has 0 saturated heterocycles. The molecule has 0 atom stereocenters. The van der Waals surface area contributed by atoms with Crippen molar-refractivity contribution >= 4 is 43.1 Å². The number of hydrogen-bond acceptors (Lipinski definition) is 2. The molecule has 0 fully saturated rings. The molecule has 0 aliphatic heterocycles. The lowest BCUT2D eigenvalue weighted by atomic mass is 9.77. The van der Waals surface area contributed by atoms with E-state index in [4.69, 9.17) is 9.47 Å². The second-order valence-electron chi connectivity index (χ2n) is 17.0. The topological polar surface area (TPSA) is 18.5 Å². The molecule has 0 bridgehead atoms. The van der Waals surface area contributed by atoms with Crippen LogP contribution in [0.2, 0.25) is 0 Å². The third kappa shape index (κ3) is 7.20. The van der Waals surface area contributed by atoms with Gasteiger partial charge in [-0.2, -0.15) is 0 Å². The Hall–Kier alpha value is -6.44. The highest BCUT2D eigenvalue weighted by Gasteiger charge is 2.36. The highest BCUT2D eigenvalue weighted by Crippen LogP contribution is 2.51. The Labute approximate surface area is 358 Å². The zero-order valence-corrected chi connectivity index (χ0v) is 35.3. The largest absolute Gasteiger partial charge is 0.493 e. The van der Waals surface area contributed by atoms with Gasteiger partial charge in [0, 0.05) is 54.9 Å². The third-order valence-corrected chi connectivity index (χ3v) is 10.9. The van der Waals surface area contributed by atoms with Crippen LogP contribution >= 0.6 is 0 Å². The summed E-state index contributed by atoms with van der Waals surface area (Å²) in [5, 5.41) is -1.54. The monoisotopic (exact) mass is 896 g/mol. The fourth-order valence-electron chi connectivity index (χ4n) is 8.40. The van der Waals surface area contributed by atoms with Gasteiger partial charge < -0.3 is 9.47 Å². The molecule has 0 aliphatic rings. The van der Waals surface area contributed by atoms with Crippen molar-refractivity contribution in [1.82, 2.24) is 0 Å². The molecule has 0 heterocycles. The van der Waals surface area contributed by atoms with Crippen molar-refractivity contribution in [3.8, 4) is 33.8 Å². The summed E-state index contributed by atoms with van der Waals surface area (Å²) in [4.78, 5) is 0. The second-order valence-corrected chi connectivity index (χ2v) is 17.0. The summed E-state index contributed by atoms with van der Waals surface area (Å²) in [6, 6.07) is 18.8. The van der Waals surface area contributed by atoms with Crippen LogP contribution < -0.4 is 9.47 Å². The molecule has 2 nitrogen and oxygen atoms in total. The Morgan fingerprint density at radius 3 is 1.16 bits per heavy atom. The summed E-state index contributed by atoms with van der Waals surface area (Å²) in [7, 11) is 2.27. The molecule has 0 spiro atoms. The average Bonchev–Trinajstić information content (AvgIpc) is 3.23. The van der Waals surface area contributed by atoms with Gasteiger partial charge in [-0.3, -0.25) is 0 Å². The van der Waals surface area contributed by atoms with E-state index in [1.54, 1.807) is 6.07 Å². The second kappa shape index (κ2) is 16.3. The first-order valence-electron chi connectivity index (χ1n) is 19.5. The fraction of sp³-hybridized carbons (Fsp3) is 0.200. The van der Waals surface area contributed by atoms with E-state index in [0.717, 1.165) is 28.7 Å². The number of ether oxygens (including phenoxy) is 2. The normalized spacial score (nSPS) is 12.1. The Kier molecular flexibility index (Phi) is 11.6. The molecule has 8 aromatic carbocycles. The highest BCUT2D eigenvalue weighted by atomic mass is 19.2. The number of halogens is 12. The lowest BCUT2D eigenvalue weighted by molar-refractivity contribution is 0.387. The van der Waals surface area contributed by atoms with Crippen molar-refractivity contribution in [1.29, 1.82) is 0 Å². The number of rotatable bonds is 4. The molecule has 332 valence electrons. The molecular formula is C50H36F12O2. The van der Waals surface area contributed by atoms with Crippen LogP contribution in [-0.2, 0) is 10.8 Å². The molecule has 8 rings (SSSR count). The van der Waals surface area contributed by atoms with E-state index in [1.807, 2.05) is 69.3 Å². The predicted octanol–water partition coefficient (Wildman–Crippen LogP) is 15.6. The molecule has 0 aliphatic carbocycles. The van der Waals surface area contributed by atoms with Gasteiger partial charge in [-0.05, 0) is 56.6 Å². The van der Waals surface area contributed by atoms with Gasteiger partial charge in [-0.1, -0.05) is 90.1 Å². The third-order valence-electron chi connectivity index (χ3n) is 10.9. The van der Waals surface area contributed by atoms with Gasteiger partial charge in [0.15, 0.2) is 69.7 Å². The van der Waals surface area contributed by atoms with Crippen molar-refractivity contribution in [2.75, 3.05) is 14.2 Å². The molecule has 14 heteroatoms. The van der Waals surface area contributed by atoms with Crippen LogP contribution in [0.25, 0.3) is 65.3 Å². The molecule has 0 unspecified atom stereocenters. The van der Waals surface area contributed by atoms with E-state index in [1.165, 1.54) is 33.9 Å². The van der Waals surface area contributed by atoms with E-state index in [9.17, 15) is 30.7 Å². The maximum Gasteiger partial charge on any atom is 0.198 e. The SMILES string of the molecule is COc1c(F)cc2c(F)c(F)c(F)c(F)c2c1-c1c(C(C)(C)C)c(F)cc2c(F)c(F)c(F)c(F)c12.COc1c(F)cc2ccccc2c1-c1c(C(C)(C)C)c(F)cc2ccccc12. The summed E-state index contributed by atoms with van der Waals surface area (Å²) in [5.74, 6) is -22.0. The smallest absolute Gasteiger partial charge is 0.198 e. The standard InChI is InChI=1S/C25H14F10O.C25H22F2O/c1-25(2,3)15-9(26)5-7-11(18(30)22(34)20(32)16(7)28)13(15)14-12-8(6-10(27)24(14)36-4)17(29)21(33)23(35)19(12)31;1-25(2,3)23-19(26)13-15-9-5-7-11-17(15)21(23)22-18-12-8-6-10-16(18)14-20(27)24(22)28-4/h5-6H,1-4H3;5-14H,1-4H3. The zero-order valence-electron chi connectivity index (χ0n) is 35.3. The van der Waals surface area contributed by atoms with Crippen LogP contribution in [0.3, 0.4) is 0 Å². The van der Waals surface area contributed by atoms with Gasteiger partial charge in [0.1, 0.15) is 11.6 Å². The zero-order chi connectivity index (χ0) is 47.1. The Morgan fingerprint density at radius 2 is 0.688 bits per heavy atom. The first-order chi connectivity index (χ1) is 30.0. The quantitative estimate of drug-likeness (QED) is 0.0995. The van der Waals surface area contributed by atoms with E-state index < -0.39 is 119 Å². The van der Waals surface area contributed by atoms with E-state index in [2.05, 4.69) is 0 Å². The molecule has 8 aromatic rings. The van der Waals surface area contributed by atoms with E-state index >= 15 is 22.0 Å². The summed E-state index contributed by atoms with van der Waals surface area (Å²) < 4.78 is 187. The maximum absolute atomic E-state index is 15.4. The van der Waals surface area contributed by atoms with Gasteiger partial charge >= 0.3 is 0 Å². The van der Waals surface area contributed by atoms with Crippen molar-refractivity contribution in [3.63, 3.8) is 0 Å².